The van der Waals surface area contributed by atoms with E-state index in [4.69, 9.17) is 5.11 Å². The molecule has 1 unspecified atom stereocenters. The van der Waals surface area contributed by atoms with Gasteiger partial charge in [-0.3, -0.25) is 9.59 Å². The van der Waals surface area contributed by atoms with Crippen LogP contribution in [0, 0.1) is 13.8 Å². The summed E-state index contributed by atoms with van der Waals surface area (Å²) < 4.78 is 0. The molecule has 1 amide bonds. The molecule has 1 aromatic rings. The van der Waals surface area contributed by atoms with E-state index in [1.165, 1.54) is 11.3 Å². The van der Waals surface area contributed by atoms with Crippen LogP contribution in [0.3, 0.4) is 0 Å². The normalized spacial score (nSPS) is 12.2. The van der Waals surface area contributed by atoms with E-state index >= 15 is 0 Å². The Morgan fingerprint density at radius 1 is 1.50 bits per heavy atom. The maximum atomic E-state index is 11.8. The number of hydrogen-bond donors (Lipinski definition) is 2. The van der Waals surface area contributed by atoms with E-state index in [1.54, 1.807) is 6.92 Å². The highest BCUT2D eigenvalue weighted by molar-refractivity contribution is 7.14. The van der Waals surface area contributed by atoms with Crippen molar-refractivity contribution < 1.29 is 14.7 Å². The second-order valence-electron chi connectivity index (χ2n) is 3.84. The fourth-order valence-electron chi connectivity index (χ4n) is 1.47. The number of aliphatic carboxylic acids is 1. The molecule has 0 aliphatic carbocycles. The summed E-state index contributed by atoms with van der Waals surface area (Å²) in [6, 6.07) is 1.59. The van der Waals surface area contributed by atoms with Gasteiger partial charge in [-0.05, 0) is 32.4 Å². The number of aryl methyl sites for hydroxylation is 2. The van der Waals surface area contributed by atoms with Gasteiger partial charge in [-0.15, -0.1) is 11.3 Å². The summed E-state index contributed by atoms with van der Waals surface area (Å²) in [7, 11) is 0. The molecule has 4 nitrogen and oxygen atoms in total. The average Bonchev–Trinajstić information content (AvgIpc) is 2.43. The van der Waals surface area contributed by atoms with Crippen LogP contribution in [0.4, 0.5) is 0 Å². The second-order valence-corrected chi connectivity index (χ2v) is 5.10. The number of carboxylic acids is 1. The maximum Gasteiger partial charge on any atom is 0.305 e. The molecule has 0 aliphatic rings. The molecule has 0 aromatic carbocycles. The molecule has 16 heavy (non-hydrogen) atoms. The molecule has 0 radical (unpaired) electrons. The first-order valence-corrected chi connectivity index (χ1v) is 5.81. The predicted octanol–water partition coefficient (Wildman–Crippen LogP) is 1.96. The van der Waals surface area contributed by atoms with Crippen molar-refractivity contribution in [3.8, 4) is 0 Å². The molecule has 0 saturated heterocycles. The SMILES string of the molecule is Cc1cc(C)c(C(=O)NC(C)CC(=O)O)s1. The zero-order chi connectivity index (χ0) is 12.3. The fraction of sp³-hybridized carbons (Fsp3) is 0.455. The molecule has 1 heterocycles. The van der Waals surface area contributed by atoms with Crippen molar-refractivity contribution in [3.63, 3.8) is 0 Å². The number of carboxylic acid groups (broad SMARTS) is 1. The van der Waals surface area contributed by atoms with Crippen LogP contribution in [0.2, 0.25) is 0 Å². The minimum atomic E-state index is -0.910. The standard InChI is InChI=1S/C11H15NO3S/c1-6-4-8(3)16-10(6)11(15)12-7(2)5-9(13)14/h4,7H,5H2,1-3H3,(H,12,15)(H,13,14). The monoisotopic (exact) mass is 241 g/mol. The van der Waals surface area contributed by atoms with E-state index in [1.807, 2.05) is 19.9 Å². The van der Waals surface area contributed by atoms with Crippen molar-refractivity contribution in [1.29, 1.82) is 0 Å². The molecule has 0 bridgehead atoms. The van der Waals surface area contributed by atoms with E-state index in [0.29, 0.717) is 4.88 Å². The highest BCUT2D eigenvalue weighted by Crippen LogP contribution is 2.20. The van der Waals surface area contributed by atoms with Crippen molar-refractivity contribution in [2.75, 3.05) is 0 Å². The molecule has 2 N–H and O–H groups in total. The van der Waals surface area contributed by atoms with Gasteiger partial charge in [0.2, 0.25) is 0 Å². The first-order valence-electron chi connectivity index (χ1n) is 5.00. The Kier molecular flexibility index (Phi) is 4.06. The smallest absolute Gasteiger partial charge is 0.305 e. The number of nitrogens with one attached hydrogen (secondary N) is 1. The van der Waals surface area contributed by atoms with Gasteiger partial charge in [0.15, 0.2) is 0 Å². The number of amides is 1. The van der Waals surface area contributed by atoms with Crippen LogP contribution < -0.4 is 5.32 Å². The Bertz CT molecular complexity index is 411. The molecule has 1 rings (SSSR count). The average molecular weight is 241 g/mol. The number of carbonyl (C=O) groups is 2. The topological polar surface area (TPSA) is 66.4 Å². The van der Waals surface area contributed by atoms with Crippen molar-refractivity contribution in [1.82, 2.24) is 5.32 Å². The zero-order valence-corrected chi connectivity index (χ0v) is 10.4. The van der Waals surface area contributed by atoms with Crippen molar-refractivity contribution in [2.24, 2.45) is 0 Å². The Morgan fingerprint density at radius 2 is 2.12 bits per heavy atom. The molecular formula is C11H15NO3S. The summed E-state index contributed by atoms with van der Waals surface area (Å²) in [4.78, 5) is 24.0. The lowest BCUT2D eigenvalue weighted by molar-refractivity contribution is -0.137. The molecule has 0 spiro atoms. The van der Waals surface area contributed by atoms with Crippen LogP contribution in [0.15, 0.2) is 6.07 Å². The van der Waals surface area contributed by atoms with Crippen molar-refractivity contribution in [2.45, 2.75) is 33.2 Å². The molecular weight excluding hydrogens is 226 g/mol. The van der Waals surface area contributed by atoms with E-state index in [-0.39, 0.29) is 18.4 Å². The lowest BCUT2D eigenvalue weighted by Crippen LogP contribution is -2.34. The Hall–Kier alpha value is -1.36. The summed E-state index contributed by atoms with van der Waals surface area (Å²) in [5.41, 5.74) is 0.933. The van der Waals surface area contributed by atoms with E-state index in [9.17, 15) is 9.59 Å². The molecule has 5 heteroatoms. The maximum absolute atomic E-state index is 11.8. The Balaban J connectivity index is 2.65. The van der Waals surface area contributed by atoms with Gasteiger partial charge in [-0.1, -0.05) is 0 Å². The molecule has 1 aromatic heterocycles. The van der Waals surface area contributed by atoms with Crippen molar-refractivity contribution in [3.05, 3.63) is 21.4 Å². The third kappa shape index (κ3) is 3.34. The van der Waals surface area contributed by atoms with Crippen LogP contribution in [-0.2, 0) is 4.79 Å². The van der Waals surface area contributed by atoms with Gasteiger partial charge in [0.05, 0.1) is 11.3 Å². The highest BCUT2D eigenvalue weighted by Gasteiger charge is 2.15. The van der Waals surface area contributed by atoms with E-state index < -0.39 is 5.97 Å². The number of carbonyl (C=O) groups excluding carboxylic acids is 1. The largest absolute Gasteiger partial charge is 0.481 e. The quantitative estimate of drug-likeness (QED) is 0.846. The lowest BCUT2D eigenvalue weighted by Gasteiger charge is -2.10. The Labute approximate surface area is 98.3 Å². The van der Waals surface area contributed by atoms with Gasteiger partial charge in [0.25, 0.3) is 5.91 Å². The van der Waals surface area contributed by atoms with Gasteiger partial charge in [-0.2, -0.15) is 0 Å². The van der Waals surface area contributed by atoms with Crippen molar-refractivity contribution >= 4 is 23.2 Å². The van der Waals surface area contributed by atoms with Gasteiger partial charge in [0.1, 0.15) is 0 Å². The first-order chi connectivity index (χ1) is 7.40. The number of hydrogen-bond acceptors (Lipinski definition) is 3. The van der Waals surface area contributed by atoms with E-state index in [0.717, 1.165) is 10.4 Å². The predicted molar refractivity (Wildman–Crippen MR) is 63.0 cm³/mol. The molecule has 0 fully saturated rings. The fourth-order valence-corrected chi connectivity index (χ4v) is 2.40. The zero-order valence-electron chi connectivity index (χ0n) is 9.53. The van der Waals surface area contributed by atoms with Gasteiger partial charge >= 0.3 is 5.97 Å². The minimum Gasteiger partial charge on any atom is -0.481 e. The van der Waals surface area contributed by atoms with Crippen LogP contribution in [-0.4, -0.2) is 23.0 Å². The number of rotatable bonds is 4. The summed E-state index contributed by atoms with van der Waals surface area (Å²) in [5.74, 6) is -1.10. The molecule has 0 aliphatic heterocycles. The first kappa shape index (κ1) is 12.7. The van der Waals surface area contributed by atoms with Gasteiger partial charge in [0, 0.05) is 10.9 Å². The Morgan fingerprint density at radius 3 is 2.56 bits per heavy atom. The van der Waals surface area contributed by atoms with Crippen LogP contribution in [0.25, 0.3) is 0 Å². The van der Waals surface area contributed by atoms with E-state index in [2.05, 4.69) is 5.32 Å². The van der Waals surface area contributed by atoms with Crippen LogP contribution in [0.5, 0.6) is 0 Å². The highest BCUT2D eigenvalue weighted by atomic mass is 32.1. The number of thiophene rings is 1. The summed E-state index contributed by atoms with van der Waals surface area (Å²) in [6.07, 6.45) is -0.0604. The van der Waals surface area contributed by atoms with Crippen LogP contribution >= 0.6 is 11.3 Å². The third-order valence-electron chi connectivity index (χ3n) is 2.11. The summed E-state index contributed by atoms with van der Waals surface area (Å²) in [6.45, 7) is 5.50. The van der Waals surface area contributed by atoms with Crippen LogP contribution in [0.1, 0.15) is 33.5 Å². The van der Waals surface area contributed by atoms with Gasteiger partial charge in [-0.25, -0.2) is 0 Å². The molecule has 88 valence electrons. The molecule has 0 saturated carbocycles. The third-order valence-corrected chi connectivity index (χ3v) is 3.26. The minimum absolute atomic E-state index is 0.0604. The lowest BCUT2D eigenvalue weighted by atomic mass is 10.2. The summed E-state index contributed by atoms with van der Waals surface area (Å²) >= 11 is 1.42. The summed E-state index contributed by atoms with van der Waals surface area (Å²) in [5, 5.41) is 11.2. The second kappa shape index (κ2) is 5.12. The molecule has 1 atom stereocenters. The van der Waals surface area contributed by atoms with Gasteiger partial charge < -0.3 is 10.4 Å².